The minimum absolute atomic E-state index is 0.00816. The molecule has 2 aliphatic rings. The van der Waals surface area contributed by atoms with E-state index < -0.39 is 5.60 Å². The Morgan fingerprint density at radius 2 is 0.951 bits per heavy atom. The fraction of sp³-hybridized carbons (Fsp3) is 0.211. The third kappa shape index (κ3) is 9.42. The van der Waals surface area contributed by atoms with Crippen molar-refractivity contribution in [2.24, 2.45) is 0 Å². The Morgan fingerprint density at radius 1 is 0.402 bits per heavy atom. The quantitative estimate of drug-likeness (QED) is 0.142. The Labute approximate surface area is 485 Å². The summed E-state index contributed by atoms with van der Waals surface area (Å²) in [6.45, 7) is 26.9. The molecule has 0 spiro atoms. The van der Waals surface area contributed by atoms with Gasteiger partial charge in [0.2, 0.25) is 0 Å². The first kappa shape index (κ1) is 52.6. The maximum absolute atomic E-state index is 7.06. The first-order valence-electron chi connectivity index (χ1n) is 29.1. The SMILES string of the molecule is CC(C)(C)Oc1cc2c3c(c1)N(c1ccc(C(C)(C)C)cc1)c1cc4cocc4cc1B3c1ccc(N(c3cccc(-c4cccc5ccccc45)c3)c3ccc(C(C)(C)C)cc3-c3ccccc3)cc1N2c1ccc(C(C)(C)C)cc1. The molecule has 6 heteroatoms. The van der Waals surface area contributed by atoms with E-state index in [1.165, 1.54) is 49.4 Å². The molecule has 13 rings (SSSR count). The van der Waals surface area contributed by atoms with Gasteiger partial charge in [0.25, 0.3) is 6.71 Å². The Balaban J connectivity index is 1.11. The summed E-state index contributed by atoms with van der Waals surface area (Å²) in [6, 6.07) is 77.5. The number of ether oxygens (including phenoxy) is 1. The number of anilines is 9. The van der Waals surface area contributed by atoms with Crippen molar-refractivity contribution < 1.29 is 9.15 Å². The van der Waals surface area contributed by atoms with E-state index in [0.29, 0.717) is 0 Å². The van der Waals surface area contributed by atoms with Gasteiger partial charge in [0.1, 0.15) is 11.4 Å². The first-order chi connectivity index (χ1) is 39.2. The lowest BCUT2D eigenvalue weighted by Crippen LogP contribution is -2.61. The summed E-state index contributed by atoms with van der Waals surface area (Å²) in [6.07, 6.45) is 3.77. The van der Waals surface area contributed by atoms with E-state index in [4.69, 9.17) is 9.15 Å². The molecule has 2 aliphatic heterocycles. The topological polar surface area (TPSA) is 32.1 Å². The smallest absolute Gasteiger partial charge is 0.252 e. The molecule has 11 aromatic rings. The molecule has 0 unspecified atom stereocenters. The van der Waals surface area contributed by atoms with Crippen LogP contribution in [0.15, 0.2) is 223 Å². The van der Waals surface area contributed by atoms with Crippen LogP contribution in [0.2, 0.25) is 0 Å². The van der Waals surface area contributed by atoms with Gasteiger partial charge in [-0.25, -0.2) is 0 Å². The fourth-order valence-corrected chi connectivity index (χ4v) is 12.5. The highest BCUT2D eigenvalue weighted by Crippen LogP contribution is 2.50. The van der Waals surface area contributed by atoms with Crippen LogP contribution in [-0.2, 0) is 16.2 Å². The second-order valence-electron chi connectivity index (χ2n) is 26.7. The van der Waals surface area contributed by atoms with Crippen molar-refractivity contribution >= 4 is 95.8 Å². The molecule has 0 aliphatic carbocycles. The summed E-state index contributed by atoms with van der Waals surface area (Å²) in [5, 5.41) is 4.57. The third-order valence-corrected chi connectivity index (χ3v) is 16.7. The van der Waals surface area contributed by atoms with E-state index in [1.54, 1.807) is 0 Å². The number of furan rings is 1. The van der Waals surface area contributed by atoms with Crippen LogP contribution in [0.3, 0.4) is 0 Å². The molecular formula is C76H72BN3O2. The predicted molar refractivity (Wildman–Crippen MR) is 350 cm³/mol. The van der Waals surface area contributed by atoms with Gasteiger partial charge in [0, 0.05) is 74.0 Å². The molecule has 5 nitrogen and oxygen atoms in total. The number of hydrogen-bond donors (Lipinski definition) is 0. The Hall–Kier alpha value is -8.74. The van der Waals surface area contributed by atoms with E-state index in [1.807, 2.05) is 12.5 Å². The zero-order chi connectivity index (χ0) is 57.0. The largest absolute Gasteiger partial charge is 0.488 e. The molecule has 0 N–H and O–H groups in total. The predicted octanol–water partition coefficient (Wildman–Crippen LogP) is 19.5. The van der Waals surface area contributed by atoms with Crippen molar-refractivity contribution in [2.75, 3.05) is 14.7 Å². The van der Waals surface area contributed by atoms with Crippen LogP contribution in [0.1, 0.15) is 99.8 Å². The monoisotopic (exact) mass is 1070 g/mol. The van der Waals surface area contributed by atoms with Gasteiger partial charge in [-0.2, -0.15) is 0 Å². The highest BCUT2D eigenvalue weighted by molar-refractivity contribution is 7.00. The Morgan fingerprint density at radius 3 is 1.59 bits per heavy atom. The van der Waals surface area contributed by atoms with Crippen LogP contribution < -0.4 is 35.8 Å². The van der Waals surface area contributed by atoms with Gasteiger partial charge in [0.05, 0.1) is 18.2 Å². The van der Waals surface area contributed by atoms with E-state index in [9.17, 15) is 0 Å². The van der Waals surface area contributed by atoms with E-state index in [2.05, 4.69) is 304 Å². The van der Waals surface area contributed by atoms with E-state index in [-0.39, 0.29) is 23.0 Å². The van der Waals surface area contributed by atoms with Crippen molar-refractivity contribution in [1.29, 1.82) is 0 Å². The lowest BCUT2D eigenvalue weighted by Gasteiger charge is -2.45. The average Bonchev–Trinajstić information content (AvgIpc) is 1.20. The molecule has 3 heterocycles. The standard InChI is InChI=1S/C76H72BN3O2/c1-73(2,3)54-28-33-57(34-29-54)79-68-42-53-48-81-47-52(53)41-66(68)77-65-38-37-60(44-69(65)80(58-35-30-55(31-36-58)74(4,5)6)71-46-61(82-76(10,11)12)45-70(79)72(71)77)78(67-39-32-56(75(7,8)9)43-64(67)50-20-14-13-15-21-50)59-25-18-24-51(40-59)63-27-19-23-49-22-16-17-26-62(49)63/h13-48H,1-12H3. The van der Waals surface area contributed by atoms with Crippen molar-refractivity contribution in [3.63, 3.8) is 0 Å². The lowest BCUT2D eigenvalue weighted by atomic mass is 9.33. The van der Waals surface area contributed by atoms with E-state index >= 15 is 0 Å². The molecule has 82 heavy (non-hydrogen) atoms. The zero-order valence-electron chi connectivity index (χ0n) is 49.5. The van der Waals surface area contributed by atoms with Crippen LogP contribution in [0, 0.1) is 0 Å². The van der Waals surface area contributed by atoms with Crippen LogP contribution in [0.25, 0.3) is 43.8 Å². The van der Waals surface area contributed by atoms with Gasteiger partial charge in [-0.1, -0.05) is 190 Å². The van der Waals surface area contributed by atoms with Gasteiger partial charge < -0.3 is 23.9 Å². The number of benzene rings is 10. The minimum Gasteiger partial charge on any atom is -0.488 e. The molecule has 10 aromatic carbocycles. The van der Waals surface area contributed by atoms with Crippen LogP contribution in [0.5, 0.6) is 5.75 Å². The number of hydrogen-bond acceptors (Lipinski definition) is 5. The van der Waals surface area contributed by atoms with Gasteiger partial charge >= 0.3 is 0 Å². The Kier molecular flexibility index (Phi) is 12.5. The first-order valence-corrected chi connectivity index (χ1v) is 29.1. The zero-order valence-corrected chi connectivity index (χ0v) is 49.5. The molecule has 0 radical (unpaired) electrons. The molecule has 0 saturated heterocycles. The average molecular weight is 1070 g/mol. The highest BCUT2D eigenvalue weighted by atomic mass is 16.5. The summed E-state index contributed by atoms with van der Waals surface area (Å²) < 4.78 is 13.1. The van der Waals surface area contributed by atoms with Crippen molar-refractivity contribution in [2.45, 2.75) is 105 Å². The maximum Gasteiger partial charge on any atom is 0.252 e. The number of rotatable bonds is 8. The van der Waals surface area contributed by atoms with Crippen LogP contribution >= 0.6 is 0 Å². The number of nitrogens with zero attached hydrogens (tertiary/aromatic N) is 3. The van der Waals surface area contributed by atoms with Crippen LogP contribution in [0.4, 0.5) is 51.2 Å². The second-order valence-corrected chi connectivity index (χ2v) is 26.7. The van der Waals surface area contributed by atoms with Gasteiger partial charge in [-0.15, -0.1) is 0 Å². The molecule has 0 fully saturated rings. The summed E-state index contributed by atoms with van der Waals surface area (Å²) in [5.41, 5.74) is 21.3. The molecule has 406 valence electrons. The van der Waals surface area contributed by atoms with Gasteiger partial charge in [-0.3, -0.25) is 0 Å². The molecule has 1 aromatic heterocycles. The van der Waals surface area contributed by atoms with Crippen molar-refractivity contribution in [3.8, 4) is 28.0 Å². The molecule has 0 saturated carbocycles. The van der Waals surface area contributed by atoms with Crippen molar-refractivity contribution in [1.82, 2.24) is 0 Å². The molecule has 0 atom stereocenters. The van der Waals surface area contributed by atoms with Crippen molar-refractivity contribution in [3.05, 3.63) is 235 Å². The Bertz CT molecular complexity index is 4240. The molecular weight excluding hydrogens is 998 g/mol. The van der Waals surface area contributed by atoms with Gasteiger partial charge in [0.15, 0.2) is 0 Å². The third-order valence-electron chi connectivity index (χ3n) is 16.7. The highest BCUT2D eigenvalue weighted by Gasteiger charge is 2.45. The lowest BCUT2D eigenvalue weighted by molar-refractivity contribution is 0.131. The summed E-state index contributed by atoms with van der Waals surface area (Å²) in [5.74, 6) is 0.804. The van der Waals surface area contributed by atoms with Gasteiger partial charge in [-0.05, 0) is 164 Å². The summed E-state index contributed by atoms with van der Waals surface area (Å²) in [4.78, 5) is 7.48. The minimum atomic E-state index is -0.478. The maximum atomic E-state index is 7.06. The second kappa shape index (κ2) is 19.5. The fourth-order valence-electron chi connectivity index (χ4n) is 12.5. The summed E-state index contributed by atoms with van der Waals surface area (Å²) >= 11 is 0. The summed E-state index contributed by atoms with van der Waals surface area (Å²) in [7, 11) is 0. The van der Waals surface area contributed by atoms with Crippen LogP contribution in [-0.4, -0.2) is 12.3 Å². The molecule has 0 amide bonds. The molecule has 0 bridgehead atoms. The normalized spacial score (nSPS) is 13.3. The van der Waals surface area contributed by atoms with E-state index in [0.717, 1.165) is 84.4 Å². The number of fused-ring (bicyclic) bond motifs is 6.